The third-order valence-electron chi connectivity index (χ3n) is 3.03. The van der Waals surface area contributed by atoms with Crippen LogP contribution in [0.2, 0.25) is 0 Å². The molecule has 1 N–H and O–H groups in total. The standard InChI is InChI=1S/C16H18N4O3/c1-16(2,3)23-15(21)19-14-6-12-13(22-14)5-10(7-17-12)11-8-18-20(4)9-11/h5-9H,1-4H3,(H,19,21). The van der Waals surface area contributed by atoms with Crippen LogP contribution < -0.4 is 5.32 Å². The highest BCUT2D eigenvalue weighted by Gasteiger charge is 2.18. The van der Waals surface area contributed by atoms with Gasteiger partial charge < -0.3 is 9.15 Å². The average Bonchev–Trinajstić information content (AvgIpc) is 3.00. The highest BCUT2D eigenvalue weighted by molar-refractivity contribution is 5.88. The molecule has 3 aromatic rings. The SMILES string of the molecule is Cn1cc(-c2cnc3cc(NC(=O)OC(C)(C)C)oc3c2)cn1. The number of ether oxygens (including phenoxy) is 1. The Balaban J connectivity index is 1.83. The van der Waals surface area contributed by atoms with Gasteiger partial charge in [-0.15, -0.1) is 0 Å². The molecule has 0 spiro atoms. The highest BCUT2D eigenvalue weighted by atomic mass is 16.6. The van der Waals surface area contributed by atoms with Gasteiger partial charge in [0.2, 0.25) is 5.88 Å². The Kier molecular flexibility index (Phi) is 3.55. The molecule has 3 aromatic heterocycles. The van der Waals surface area contributed by atoms with E-state index < -0.39 is 11.7 Å². The second-order valence-electron chi connectivity index (χ2n) is 6.25. The van der Waals surface area contributed by atoms with E-state index in [2.05, 4.69) is 15.4 Å². The minimum atomic E-state index is -0.568. The number of rotatable bonds is 2. The van der Waals surface area contributed by atoms with Crippen LogP contribution in [0.1, 0.15) is 20.8 Å². The van der Waals surface area contributed by atoms with E-state index in [0.29, 0.717) is 17.0 Å². The van der Waals surface area contributed by atoms with Crippen molar-refractivity contribution in [3.8, 4) is 11.1 Å². The zero-order chi connectivity index (χ0) is 16.6. The minimum Gasteiger partial charge on any atom is -0.444 e. The molecule has 0 aliphatic rings. The summed E-state index contributed by atoms with van der Waals surface area (Å²) in [6, 6.07) is 3.52. The van der Waals surface area contributed by atoms with E-state index in [1.807, 2.05) is 19.3 Å². The lowest BCUT2D eigenvalue weighted by Gasteiger charge is -2.18. The second kappa shape index (κ2) is 5.42. The van der Waals surface area contributed by atoms with Gasteiger partial charge in [0.25, 0.3) is 0 Å². The maximum absolute atomic E-state index is 11.8. The number of fused-ring (bicyclic) bond motifs is 1. The summed E-state index contributed by atoms with van der Waals surface area (Å²) in [6.45, 7) is 5.40. The molecule has 120 valence electrons. The number of hydrogen-bond donors (Lipinski definition) is 1. The van der Waals surface area contributed by atoms with E-state index in [-0.39, 0.29) is 0 Å². The van der Waals surface area contributed by atoms with Crippen LogP contribution in [0, 0.1) is 0 Å². The number of carbonyl (C=O) groups is 1. The number of aryl methyl sites for hydroxylation is 1. The number of furan rings is 1. The number of nitrogens with one attached hydrogen (secondary N) is 1. The number of nitrogens with zero attached hydrogens (tertiary/aromatic N) is 3. The van der Waals surface area contributed by atoms with E-state index in [4.69, 9.17) is 9.15 Å². The summed E-state index contributed by atoms with van der Waals surface area (Å²) in [5.74, 6) is 0.296. The van der Waals surface area contributed by atoms with Crippen LogP contribution in [-0.4, -0.2) is 26.5 Å². The molecule has 3 heterocycles. The van der Waals surface area contributed by atoms with Crippen molar-refractivity contribution in [3.63, 3.8) is 0 Å². The molecule has 3 rings (SSSR count). The normalized spacial score (nSPS) is 11.7. The molecule has 0 aliphatic carbocycles. The van der Waals surface area contributed by atoms with Gasteiger partial charge in [-0.2, -0.15) is 5.10 Å². The van der Waals surface area contributed by atoms with Gasteiger partial charge in [0.1, 0.15) is 11.1 Å². The topological polar surface area (TPSA) is 82.2 Å². The summed E-state index contributed by atoms with van der Waals surface area (Å²) in [5.41, 5.74) is 2.51. The van der Waals surface area contributed by atoms with Crippen LogP contribution in [0.25, 0.3) is 22.2 Å². The molecule has 23 heavy (non-hydrogen) atoms. The molecule has 0 radical (unpaired) electrons. The van der Waals surface area contributed by atoms with Crippen LogP contribution >= 0.6 is 0 Å². The molecule has 0 unspecified atom stereocenters. The second-order valence-corrected chi connectivity index (χ2v) is 6.25. The molecule has 7 heteroatoms. The summed E-state index contributed by atoms with van der Waals surface area (Å²) < 4.78 is 12.5. The Morgan fingerprint density at radius 3 is 2.70 bits per heavy atom. The molecule has 0 atom stereocenters. The van der Waals surface area contributed by atoms with Crippen LogP contribution in [0.4, 0.5) is 10.7 Å². The van der Waals surface area contributed by atoms with Crippen molar-refractivity contribution >= 4 is 23.1 Å². The number of amides is 1. The molecular formula is C16H18N4O3. The maximum atomic E-state index is 11.8. The molecule has 7 nitrogen and oxygen atoms in total. The number of hydrogen-bond acceptors (Lipinski definition) is 5. The van der Waals surface area contributed by atoms with E-state index in [1.54, 1.807) is 43.9 Å². The first-order valence-corrected chi connectivity index (χ1v) is 7.19. The van der Waals surface area contributed by atoms with Crippen molar-refractivity contribution < 1.29 is 13.9 Å². The summed E-state index contributed by atoms with van der Waals surface area (Å²) in [4.78, 5) is 16.1. The molecule has 0 fully saturated rings. The van der Waals surface area contributed by atoms with Crippen LogP contribution in [0.5, 0.6) is 0 Å². The van der Waals surface area contributed by atoms with E-state index in [1.165, 1.54) is 0 Å². The molecule has 0 aliphatic heterocycles. The number of pyridine rings is 1. The summed E-state index contributed by atoms with van der Waals surface area (Å²) in [5, 5.41) is 6.70. The predicted octanol–water partition coefficient (Wildman–Crippen LogP) is 3.58. The third-order valence-corrected chi connectivity index (χ3v) is 3.03. The van der Waals surface area contributed by atoms with Crippen molar-refractivity contribution in [3.05, 3.63) is 30.7 Å². The predicted molar refractivity (Wildman–Crippen MR) is 86.1 cm³/mol. The highest BCUT2D eigenvalue weighted by Crippen LogP contribution is 2.26. The Bertz CT molecular complexity index is 858. The van der Waals surface area contributed by atoms with Gasteiger partial charge in [-0.1, -0.05) is 0 Å². The lowest BCUT2D eigenvalue weighted by molar-refractivity contribution is 0.0633. The minimum absolute atomic E-state index is 0.296. The van der Waals surface area contributed by atoms with Gasteiger partial charge in [0, 0.05) is 36.6 Å². The molecular weight excluding hydrogens is 296 g/mol. The molecule has 0 saturated heterocycles. The van der Waals surface area contributed by atoms with Crippen LogP contribution in [-0.2, 0) is 11.8 Å². The smallest absolute Gasteiger partial charge is 0.414 e. The first-order chi connectivity index (χ1) is 10.8. The fourth-order valence-electron chi connectivity index (χ4n) is 2.11. The third kappa shape index (κ3) is 3.50. The molecule has 0 aromatic carbocycles. The quantitative estimate of drug-likeness (QED) is 0.782. The van der Waals surface area contributed by atoms with E-state index in [9.17, 15) is 4.79 Å². The van der Waals surface area contributed by atoms with Gasteiger partial charge in [0.15, 0.2) is 5.58 Å². The van der Waals surface area contributed by atoms with Crippen molar-refractivity contribution in [2.45, 2.75) is 26.4 Å². The first kappa shape index (κ1) is 15.1. The Morgan fingerprint density at radius 1 is 1.26 bits per heavy atom. The fraction of sp³-hybridized carbons (Fsp3) is 0.312. The zero-order valence-corrected chi connectivity index (χ0v) is 13.5. The van der Waals surface area contributed by atoms with Crippen molar-refractivity contribution in [2.24, 2.45) is 7.05 Å². The number of anilines is 1. The maximum Gasteiger partial charge on any atom is 0.414 e. The number of aromatic nitrogens is 3. The zero-order valence-electron chi connectivity index (χ0n) is 13.5. The van der Waals surface area contributed by atoms with Crippen LogP contribution in [0.3, 0.4) is 0 Å². The van der Waals surface area contributed by atoms with E-state index in [0.717, 1.165) is 11.1 Å². The monoisotopic (exact) mass is 314 g/mol. The fourth-order valence-corrected chi connectivity index (χ4v) is 2.11. The molecule has 1 amide bonds. The summed E-state index contributed by atoms with van der Waals surface area (Å²) in [6.07, 6.45) is 4.83. The van der Waals surface area contributed by atoms with Gasteiger partial charge in [0.05, 0.1) is 6.20 Å². The lowest BCUT2D eigenvalue weighted by atomic mass is 10.1. The number of carbonyl (C=O) groups excluding carboxylic acids is 1. The summed E-state index contributed by atoms with van der Waals surface area (Å²) in [7, 11) is 1.85. The van der Waals surface area contributed by atoms with Crippen LogP contribution in [0.15, 0.2) is 35.1 Å². The van der Waals surface area contributed by atoms with Crippen molar-refractivity contribution in [2.75, 3.05) is 5.32 Å². The van der Waals surface area contributed by atoms with Crippen molar-refractivity contribution in [1.29, 1.82) is 0 Å². The first-order valence-electron chi connectivity index (χ1n) is 7.19. The molecule has 0 bridgehead atoms. The van der Waals surface area contributed by atoms with E-state index >= 15 is 0 Å². The van der Waals surface area contributed by atoms with Gasteiger partial charge in [-0.25, -0.2) is 4.79 Å². The van der Waals surface area contributed by atoms with Gasteiger partial charge >= 0.3 is 6.09 Å². The average molecular weight is 314 g/mol. The Morgan fingerprint density at radius 2 is 2.04 bits per heavy atom. The van der Waals surface area contributed by atoms with Gasteiger partial charge in [-0.05, 0) is 26.8 Å². The van der Waals surface area contributed by atoms with Gasteiger partial charge in [-0.3, -0.25) is 15.0 Å². The summed E-state index contributed by atoms with van der Waals surface area (Å²) >= 11 is 0. The Labute approximate surface area is 133 Å². The largest absolute Gasteiger partial charge is 0.444 e. The molecule has 0 saturated carbocycles. The van der Waals surface area contributed by atoms with Crippen molar-refractivity contribution in [1.82, 2.24) is 14.8 Å². The lowest BCUT2D eigenvalue weighted by Crippen LogP contribution is -2.27. The Hall–Kier alpha value is -2.83.